The lowest BCUT2D eigenvalue weighted by Crippen LogP contribution is -2.12. The Balaban J connectivity index is 3.12. The number of thioether (sulfide) groups is 1. The highest BCUT2D eigenvalue weighted by Crippen LogP contribution is 2.39. The molecule has 0 N–H and O–H groups in total. The maximum atomic E-state index is 12.3. The zero-order valence-corrected chi connectivity index (χ0v) is 11.5. The Bertz CT molecular complexity index is 429. The lowest BCUT2D eigenvalue weighted by atomic mass is 10.0. The largest absolute Gasteiger partial charge is 0.446 e. The van der Waals surface area contributed by atoms with Crippen LogP contribution in [0.5, 0.6) is 0 Å². The highest BCUT2D eigenvalue weighted by atomic mass is 79.9. The second-order valence-electron chi connectivity index (χ2n) is 3.46. The van der Waals surface area contributed by atoms with Crippen molar-refractivity contribution in [2.24, 2.45) is 0 Å². The summed E-state index contributed by atoms with van der Waals surface area (Å²) in [4.78, 5) is 11.4. The third-order valence-electron chi connectivity index (χ3n) is 2.14. The van der Waals surface area contributed by atoms with E-state index in [0.29, 0.717) is 11.1 Å². The lowest BCUT2D eigenvalue weighted by Gasteiger charge is -2.12. The second kappa shape index (κ2) is 5.44. The van der Waals surface area contributed by atoms with E-state index in [-0.39, 0.29) is 22.4 Å². The highest BCUT2D eigenvalue weighted by molar-refractivity contribution is 9.10. The molecule has 0 aliphatic heterocycles. The third kappa shape index (κ3) is 4.03. The summed E-state index contributed by atoms with van der Waals surface area (Å²) in [5.41, 5.74) is -3.65. The molecule has 1 nitrogen and oxygen atoms in total. The first-order chi connectivity index (χ1) is 7.72. The molecule has 1 rings (SSSR count). The smallest absolute Gasteiger partial charge is 0.293 e. The minimum atomic E-state index is -4.34. The number of hydrogen-bond acceptors (Lipinski definition) is 2. The standard InChI is InChI=1S/C11H10BrF3OS/c1-6-8(10(16)7(2)12)4-3-5-9(6)17-11(13,14)15/h3-5,7H,1-2H3. The first kappa shape index (κ1) is 14.6. The van der Waals surface area contributed by atoms with Gasteiger partial charge in [-0.15, -0.1) is 0 Å². The summed E-state index contributed by atoms with van der Waals surface area (Å²) in [6.45, 7) is 3.17. The minimum Gasteiger partial charge on any atom is -0.293 e. The van der Waals surface area contributed by atoms with Gasteiger partial charge in [-0.1, -0.05) is 28.1 Å². The van der Waals surface area contributed by atoms with Crippen LogP contribution in [0.15, 0.2) is 23.1 Å². The number of carbonyl (C=O) groups excluding carboxylic acids is 1. The average molecular weight is 327 g/mol. The Morgan fingerprint density at radius 1 is 1.41 bits per heavy atom. The zero-order chi connectivity index (χ0) is 13.2. The summed E-state index contributed by atoms with van der Waals surface area (Å²) in [5.74, 6) is -0.216. The van der Waals surface area contributed by atoms with Crippen LogP contribution >= 0.6 is 27.7 Å². The van der Waals surface area contributed by atoms with Crippen LogP contribution in [0.1, 0.15) is 22.8 Å². The lowest BCUT2D eigenvalue weighted by molar-refractivity contribution is -0.0328. The molecule has 0 spiro atoms. The van der Waals surface area contributed by atoms with E-state index in [2.05, 4.69) is 15.9 Å². The van der Waals surface area contributed by atoms with Crippen molar-refractivity contribution in [3.63, 3.8) is 0 Å². The molecular formula is C11H10BrF3OS. The number of ketones is 1. The van der Waals surface area contributed by atoms with E-state index in [9.17, 15) is 18.0 Å². The number of carbonyl (C=O) groups is 1. The van der Waals surface area contributed by atoms with Gasteiger partial charge in [-0.2, -0.15) is 13.2 Å². The molecule has 0 radical (unpaired) electrons. The number of hydrogen-bond donors (Lipinski definition) is 0. The molecule has 0 fully saturated rings. The Labute approximate surface area is 110 Å². The van der Waals surface area contributed by atoms with Crippen LogP contribution in [0.3, 0.4) is 0 Å². The van der Waals surface area contributed by atoms with Crippen molar-refractivity contribution in [1.29, 1.82) is 0 Å². The van der Waals surface area contributed by atoms with Crippen LogP contribution in [-0.2, 0) is 0 Å². The summed E-state index contributed by atoms with van der Waals surface area (Å²) in [6, 6.07) is 4.36. The fraction of sp³-hybridized carbons (Fsp3) is 0.364. The molecule has 6 heteroatoms. The molecule has 1 unspecified atom stereocenters. The summed E-state index contributed by atoms with van der Waals surface area (Å²) in [5, 5.41) is 0. The molecule has 0 heterocycles. The molecule has 0 saturated carbocycles. The molecule has 94 valence electrons. The number of rotatable bonds is 3. The zero-order valence-electron chi connectivity index (χ0n) is 9.14. The maximum Gasteiger partial charge on any atom is 0.446 e. The van der Waals surface area contributed by atoms with Gasteiger partial charge in [0.15, 0.2) is 5.78 Å². The molecule has 0 amide bonds. The summed E-state index contributed by atoms with van der Waals surface area (Å²) >= 11 is 2.92. The first-order valence-electron chi connectivity index (χ1n) is 4.76. The van der Waals surface area contributed by atoms with Gasteiger partial charge >= 0.3 is 5.51 Å². The molecule has 0 saturated heterocycles. The van der Waals surface area contributed by atoms with Gasteiger partial charge in [-0.25, -0.2) is 0 Å². The topological polar surface area (TPSA) is 17.1 Å². The molecule has 17 heavy (non-hydrogen) atoms. The van der Waals surface area contributed by atoms with E-state index in [0.717, 1.165) is 0 Å². The van der Waals surface area contributed by atoms with Gasteiger partial charge in [0.1, 0.15) is 0 Å². The molecule has 0 aromatic heterocycles. The van der Waals surface area contributed by atoms with E-state index in [1.807, 2.05) is 0 Å². The Kier molecular flexibility index (Phi) is 4.66. The van der Waals surface area contributed by atoms with E-state index < -0.39 is 10.3 Å². The third-order valence-corrected chi connectivity index (χ3v) is 3.45. The van der Waals surface area contributed by atoms with E-state index in [4.69, 9.17) is 0 Å². The van der Waals surface area contributed by atoms with Gasteiger partial charge < -0.3 is 0 Å². The first-order valence-corrected chi connectivity index (χ1v) is 6.49. The molecule has 1 aromatic carbocycles. The van der Waals surface area contributed by atoms with Crippen molar-refractivity contribution >= 4 is 33.5 Å². The molecule has 0 bridgehead atoms. The molecule has 1 aromatic rings. The number of halogens is 4. The van der Waals surface area contributed by atoms with Gasteiger partial charge in [-0.3, -0.25) is 4.79 Å². The predicted octanol–water partition coefficient (Wildman–Crippen LogP) is 4.57. The van der Waals surface area contributed by atoms with Crippen LogP contribution in [0.2, 0.25) is 0 Å². The second-order valence-corrected chi connectivity index (χ2v) is 5.94. The fourth-order valence-electron chi connectivity index (χ4n) is 1.33. The highest BCUT2D eigenvalue weighted by Gasteiger charge is 2.30. The van der Waals surface area contributed by atoms with Crippen LogP contribution in [-0.4, -0.2) is 16.1 Å². The quantitative estimate of drug-likeness (QED) is 0.459. The van der Waals surface area contributed by atoms with E-state index >= 15 is 0 Å². The van der Waals surface area contributed by atoms with Gasteiger partial charge in [0.05, 0.1) is 4.83 Å². The summed E-state index contributed by atoms with van der Waals surface area (Å²) in [7, 11) is 0. The van der Waals surface area contributed by atoms with Crippen molar-refractivity contribution in [3.8, 4) is 0 Å². The summed E-state index contributed by atoms with van der Waals surface area (Å²) in [6.07, 6.45) is 0. The van der Waals surface area contributed by atoms with E-state index in [1.165, 1.54) is 25.1 Å². The maximum absolute atomic E-state index is 12.3. The van der Waals surface area contributed by atoms with E-state index in [1.54, 1.807) is 6.92 Å². The van der Waals surface area contributed by atoms with Crippen LogP contribution in [0.25, 0.3) is 0 Å². The van der Waals surface area contributed by atoms with Gasteiger partial charge in [0, 0.05) is 10.5 Å². The molecule has 0 aliphatic carbocycles. The summed E-state index contributed by atoms with van der Waals surface area (Å²) < 4.78 is 36.8. The van der Waals surface area contributed by atoms with Gasteiger partial charge in [-0.05, 0) is 37.2 Å². The average Bonchev–Trinajstić information content (AvgIpc) is 2.18. The van der Waals surface area contributed by atoms with Crippen molar-refractivity contribution in [2.75, 3.05) is 0 Å². The van der Waals surface area contributed by atoms with Crippen molar-refractivity contribution in [2.45, 2.75) is 29.1 Å². The fourth-order valence-corrected chi connectivity index (χ4v) is 2.24. The van der Waals surface area contributed by atoms with Crippen molar-refractivity contribution in [3.05, 3.63) is 29.3 Å². The Morgan fingerprint density at radius 3 is 2.47 bits per heavy atom. The Morgan fingerprint density at radius 2 is 2.00 bits per heavy atom. The van der Waals surface area contributed by atoms with Gasteiger partial charge in [0.25, 0.3) is 0 Å². The predicted molar refractivity (Wildman–Crippen MR) is 65.8 cm³/mol. The van der Waals surface area contributed by atoms with Crippen molar-refractivity contribution in [1.82, 2.24) is 0 Å². The SMILES string of the molecule is Cc1c(SC(F)(F)F)cccc1C(=O)C(C)Br. The molecule has 1 atom stereocenters. The van der Waals surface area contributed by atoms with Crippen LogP contribution < -0.4 is 0 Å². The van der Waals surface area contributed by atoms with Crippen molar-refractivity contribution < 1.29 is 18.0 Å². The number of alkyl halides is 4. The van der Waals surface area contributed by atoms with Gasteiger partial charge in [0.2, 0.25) is 0 Å². The number of benzene rings is 1. The molecule has 0 aliphatic rings. The van der Waals surface area contributed by atoms with Crippen LogP contribution in [0.4, 0.5) is 13.2 Å². The minimum absolute atomic E-state index is 0.0662. The monoisotopic (exact) mass is 326 g/mol. The molecular weight excluding hydrogens is 317 g/mol. The normalized spacial score (nSPS) is 13.5. The number of Topliss-reactive ketones (excluding diaryl/α,β-unsaturated/α-hetero) is 1. The van der Waals surface area contributed by atoms with Crippen LogP contribution in [0, 0.1) is 6.92 Å². The Hall–Kier alpha value is -0.490.